The number of rotatable bonds is 7. The maximum atomic E-state index is 13.6. The molecule has 0 bridgehead atoms. The molecule has 0 aliphatic heterocycles. The predicted octanol–water partition coefficient (Wildman–Crippen LogP) is 6.36. The Morgan fingerprint density at radius 3 is 2.35 bits per heavy atom. The van der Waals surface area contributed by atoms with E-state index < -0.39 is 17.7 Å². The molecule has 0 atom stereocenters. The first-order valence-electron chi connectivity index (χ1n) is 9.55. The maximum absolute atomic E-state index is 13.6. The number of halogens is 4. The van der Waals surface area contributed by atoms with Gasteiger partial charge in [-0.15, -0.1) is 0 Å². The average molecular weight is 452 g/mol. The largest absolute Gasteiger partial charge is 0.487 e. The Balaban J connectivity index is 1.90. The average Bonchev–Trinajstić information content (AvgIpc) is 3.13. The summed E-state index contributed by atoms with van der Waals surface area (Å²) in [7, 11) is 0. The second-order valence-electron chi connectivity index (χ2n) is 7.18. The van der Waals surface area contributed by atoms with E-state index in [2.05, 4.69) is 0 Å². The standard InChI is InChI=1S/C23H21ClF3NO3/c1-14-15(2)21(9-3-16(14)4-10-22(29)30)31-13-20-19(23(25,26)27)11-12-28(20)18-7-5-17(24)6-8-18/h3,5-9,11-12H,4,10,13H2,1-2H3,(H,29,30). The fourth-order valence-electron chi connectivity index (χ4n) is 3.38. The van der Waals surface area contributed by atoms with Crippen LogP contribution in [-0.4, -0.2) is 15.6 Å². The summed E-state index contributed by atoms with van der Waals surface area (Å²) in [5.74, 6) is -0.437. The molecule has 31 heavy (non-hydrogen) atoms. The fraction of sp³-hybridized carbons (Fsp3) is 0.261. The van der Waals surface area contributed by atoms with Gasteiger partial charge in [0.1, 0.15) is 12.4 Å². The number of aryl methyl sites for hydroxylation is 1. The third-order valence-corrected chi connectivity index (χ3v) is 5.48. The summed E-state index contributed by atoms with van der Waals surface area (Å²) >= 11 is 5.90. The van der Waals surface area contributed by atoms with Gasteiger partial charge >= 0.3 is 12.1 Å². The van der Waals surface area contributed by atoms with Crippen molar-refractivity contribution in [1.29, 1.82) is 0 Å². The monoisotopic (exact) mass is 451 g/mol. The van der Waals surface area contributed by atoms with E-state index in [4.69, 9.17) is 21.4 Å². The first kappa shape index (κ1) is 22.7. The van der Waals surface area contributed by atoms with Crippen molar-refractivity contribution in [3.63, 3.8) is 0 Å². The van der Waals surface area contributed by atoms with Crippen LogP contribution in [0.5, 0.6) is 5.75 Å². The van der Waals surface area contributed by atoms with E-state index in [1.165, 1.54) is 10.8 Å². The number of hydrogen-bond acceptors (Lipinski definition) is 2. The molecule has 0 saturated heterocycles. The zero-order valence-corrected chi connectivity index (χ0v) is 17.7. The molecule has 1 heterocycles. The molecule has 3 aromatic rings. The minimum atomic E-state index is -4.53. The number of hydrogen-bond donors (Lipinski definition) is 1. The summed E-state index contributed by atoms with van der Waals surface area (Å²) in [6.45, 7) is 3.36. The van der Waals surface area contributed by atoms with Crippen molar-refractivity contribution < 1.29 is 27.8 Å². The molecule has 4 nitrogen and oxygen atoms in total. The molecule has 0 unspecified atom stereocenters. The number of alkyl halides is 3. The predicted molar refractivity (Wildman–Crippen MR) is 112 cm³/mol. The van der Waals surface area contributed by atoms with Gasteiger partial charge in [-0.2, -0.15) is 13.2 Å². The second kappa shape index (κ2) is 9.06. The molecule has 1 N–H and O–H groups in total. The van der Waals surface area contributed by atoms with E-state index in [1.54, 1.807) is 43.3 Å². The molecule has 1 aromatic heterocycles. The van der Waals surface area contributed by atoms with E-state index in [-0.39, 0.29) is 18.7 Å². The minimum absolute atomic E-state index is 0.00400. The minimum Gasteiger partial charge on any atom is -0.487 e. The van der Waals surface area contributed by atoms with Crippen LogP contribution in [0, 0.1) is 13.8 Å². The molecule has 0 spiro atoms. The van der Waals surface area contributed by atoms with Crippen LogP contribution >= 0.6 is 11.6 Å². The highest BCUT2D eigenvalue weighted by Gasteiger charge is 2.35. The highest BCUT2D eigenvalue weighted by molar-refractivity contribution is 6.30. The Kier molecular flexibility index (Phi) is 6.65. The van der Waals surface area contributed by atoms with Crippen LogP contribution in [0.3, 0.4) is 0 Å². The Hall–Kier alpha value is -2.93. The first-order chi connectivity index (χ1) is 14.6. The zero-order valence-electron chi connectivity index (χ0n) is 17.0. The van der Waals surface area contributed by atoms with E-state index in [0.717, 1.165) is 22.8 Å². The summed E-state index contributed by atoms with van der Waals surface area (Å²) in [5, 5.41) is 9.37. The number of benzene rings is 2. The molecule has 0 amide bonds. The quantitative estimate of drug-likeness (QED) is 0.454. The van der Waals surface area contributed by atoms with Crippen molar-refractivity contribution in [2.45, 2.75) is 39.5 Å². The molecule has 0 saturated carbocycles. The van der Waals surface area contributed by atoms with Gasteiger partial charge in [-0.1, -0.05) is 17.7 Å². The van der Waals surface area contributed by atoms with Crippen LogP contribution in [0.25, 0.3) is 5.69 Å². The van der Waals surface area contributed by atoms with E-state index >= 15 is 0 Å². The van der Waals surface area contributed by atoms with Crippen LogP contribution in [-0.2, 0) is 24.0 Å². The van der Waals surface area contributed by atoms with Gasteiger partial charge < -0.3 is 14.4 Å². The number of aliphatic carboxylic acids is 1. The van der Waals surface area contributed by atoms with Crippen molar-refractivity contribution in [3.8, 4) is 11.4 Å². The zero-order chi connectivity index (χ0) is 22.8. The Morgan fingerprint density at radius 2 is 1.74 bits per heavy atom. The van der Waals surface area contributed by atoms with Crippen LogP contribution in [0.1, 0.15) is 34.4 Å². The van der Waals surface area contributed by atoms with Crippen molar-refractivity contribution >= 4 is 17.6 Å². The van der Waals surface area contributed by atoms with Gasteiger partial charge in [-0.3, -0.25) is 4.79 Å². The third-order valence-electron chi connectivity index (χ3n) is 5.22. The highest BCUT2D eigenvalue weighted by Crippen LogP contribution is 2.35. The number of nitrogens with zero attached hydrogens (tertiary/aromatic N) is 1. The van der Waals surface area contributed by atoms with E-state index in [9.17, 15) is 18.0 Å². The van der Waals surface area contributed by atoms with Crippen LogP contribution in [0.4, 0.5) is 13.2 Å². The molecule has 0 aliphatic carbocycles. The molecule has 2 aromatic carbocycles. The van der Waals surface area contributed by atoms with Gasteiger partial charge in [-0.05, 0) is 73.4 Å². The molecule has 8 heteroatoms. The van der Waals surface area contributed by atoms with Crippen molar-refractivity contribution in [2.24, 2.45) is 0 Å². The lowest BCUT2D eigenvalue weighted by Gasteiger charge is -2.17. The summed E-state index contributed by atoms with van der Waals surface area (Å²) in [4.78, 5) is 10.8. The Morgan fingerprint density at radius 1 is 1.06 bits per heavy atom. The molecule has 164 valence electrons. The third kappa shape index (κ3) is 5.22. The second-order valence-corrected chi connectivity index (χ2v) is 7.61. The Labute approximate surface area is 182 Å². The lowest BCUT2D eigenvalue weighted by Crippen LogP contribution is -2.13. The number of aromatic nitrogens is 1. The molecule has 3 rings (SSSR count). The van der Waals surface area contributed by atoms with Crippen LogP contribution in [0.2, 0.25) is 5.02 Å². The molecular formula is C23H21ClF3NO3. The molecular weight excluding hydrogens is 431 g/mol. The normalized spacial score (nSPS) is 11.5. The smallest absolute Gasteiger partial charge is 0.418 e. The SMILES string of the molecule is Cc1c(CCC(=O)O)ccc(OCc2c(C(F)(F)F)ccn2-c2ccc(Cl)cc2)c1C. The number of carbonyl (C=O) groups is 1. The maximum Gasteiger partial charge on any atom is 0.418 e. The van der Waals surface area contributed by atoms with Crippen molar-refractivity contribution in [2.75, 3.05) is 0 Å². The Bertz CT molecular complexity index is 1090. The van der Waals surface area contributed by atoms with E-state index in [0.29, 0.717) is 22.9 Å². The summed E-state index contributed by atoms with van der Waals surface area (Å²) < 4.78 is 48.0. The molecule has 0 radical (unpaired) electrons. The molecule has 0 aliphatic rings. The van der Waals surface area contributed by atoms with Gasteiger partial charge in [0.25, 0.3) is 0 Å². The van der Waals surface area contributed by atoms with Crippen LogP contribution in [0.15, 0.2) is 48.7 Å². The highest BCUT2D eigenvalue weighted by atomic mass is 35.5. The van der Waals surface area contributed by atoms with Crippen molar-refractivity contribution in [1.82, 2.24) is 4.57 Å². The van der Waals surface area contributed by atoms with Gasteiger partial charge in [0.2, 0.25) is 0 Å². The van der Waals surface area contributed by atoms with Gasteiger partial charge in [0, 0.05) is 23.3 Å². The first-order valence-corrected chi connectivity index (χ1v) is 9.92. The summed E-state index contributed by atoms with van der Waals surface area (Å²) in [5.41, 5.74) is 2.24. The lowest BCUT2D eigenvalue weighted by atomic mass is 9.99. The van der Waals surface area contributed by atoms with Gasteiger partial charge in [-0.25, -0.2) is 0 Å². The number of carboxylic acid groups (broad SMARTS) is 1. The van der Waals surface area contributed by atoms with E-state index in [1.807, 2.05) is 6.92 Å². The summed E-state index contributed by atoms with van der Waals surface area (Å²) in [6, 6.07) is 10.9. The van der Waals surface area contributed by atoms with Crippen LogP contribution < -0.4 is 4.74 Å². The lowest BCUT2D eigenvalue weighted by molar-refractivity contribution is -0.139. The van der Waals surface area contributed by atoms with Gasteiger partial charge in [0.05, 0.1) is 11.3 Å². The summed E-state index contributed by atoms with van der Waals surface area (Å²) in [6.07, 6.45) is -2.79. The fourth-order valence-corrected chi connectivity index (χ4v) is 3.51. The van der Waals surface area contributed by atoms with Gasteiger partial charge in [0.15, 0.2) is 0 Å². The number of ether oxygens (including phenoxy) is 1. The number of carboxylic acids is 1. The van der Waals surface area contributed by atoms with Crippen molar-refractivity contribution in [3.05, 3.63) is 81.6 Å². The molecule has 0 fully saturated rings. The topological polar surface area (TPSA) is 51.5 Å².